The van der Waals surface area contributed by atoms with Crippen LogP contribution < -0.4 is 4.90 Å². The zero-order valence-corrected chi connectivity index (χ0v) is 9.27. The van der Waals surface area contributed by atoms with E-state index in [0.29, 0.717) is 5.69 Å². The van der Waals surface area contributed by atoms with Gasteiger partial charge in [-0.3, -0.25) is 0 Å². The molecule has 0 aliphatic rings. The maximum absolute atomic E-state index is 12.3. The molecular formula is C10H12F2N4O. The van der Waals surface area contributed by atoms with Gasteiger partial charge in [0.05, 0.1) is 13.2 Å². The van der Waals surface area contributed by atoms with Gasteiger partial charge in [0.15, 0.2) is 0 Å². The highest BCUT2D eigenvalue weighted by Crippen LogP contribution is 2.11. The van der Waals surface area contributed by atoms with Gasteiger partial charge in [0.25, 0.3) is 6.43 Å². The van der Waals surface area contributed by atoms with Crippen molar-refractivity contribution in [3.8, 4) is 6.07 Å². The lowest BCUT2D eigenvalue weighted by molar-refractivity contribution is 0.152. The first-order valence-corrected chi connectivity index (χ1v) is 4.96. The molecule has 1 rings (SSSR count). The molecule has 7 heteroatoms. The van der Waals surface area contributed by atoms with Crippen LogP contribution in [0.15, 0.2) is 6.07 Å². The van der Waals surface area contributed by atoms with Crippen molar-refractivity contribution in [1.29, 1.82) is 5.26 Å². The third kappa shape index (κ3) is 3.92. The summed E-state index contributed by atoms with van der Waals surface area (Å²) in [5, 5.41) is 17.5. The van der Waals surface area contributed by atoms with Crippen molar-refractivity contribution in [3.63, 3.8) is 0 Å². The van der Waals surface area contributed by atoms with E-state index in [9.17, 15) is 8.78 Å². The normalized spacial score (nSPS) is 10.4. The molecule has 1 aromatic heterocycles. The Balaban J connectivity index is 3.00. The van der Waals surface area contributed by atoms with E-state index in [2.05, 4.69) is 9.97 Å². The number of nitrogens with zero attached hydrogens (tertiary/aromatic N) is 4. The number of nitriles is 1. The number of alkyl halides is 2. The first-order valence-electron chi connectivity index (χ1n) is 4.96. The van der Waals surface area contributed by atoms with E-state index < -0.39 is 13.0 Å². The summed E-state index contributed by atoms with van der Waals surface area (Å²) < 4.78 is 24.7. The number of aryl methyl sites for hydroxylation is 1. The molecule has 0 unspecified atom stereocenters. The Labute approximate surface area is 97.3 Å². The second kappa shape index (κ2) is 6.06. The molecule has 1 N–H and O–H groups in total. The Bertz CT molecular complexity index is 419. The third-order valence-electron chi connectivity index (χ3n) is 1.97. The fourth-order valence-electron chi connectivity index (χ4n) is 1.31. The summed E-state index contributed by atoms with van der Waals surface area (Å²) in [7, 11) is 0. The SMILES string of the molecule is Cc1cc(C#N)nc(N(CCO)CC(F)F)n1. The van der Waals surface area contributed by atoms with Crippen LogP contribution in [0.3, 0.4) is 0 Å². The zero-order chi connectivity index (χ0) is 12.8. The quantitative estimate of drug-likeness (QED) is 0.823. The molecule has 1 aromatic rings. The van der Waals surface area contributed by atoms with Crippen LogP contribution in [0, 0.1) is 18.3 Å². The van der Waals surface area contributed by atoms with Crippen molar-refractivity contribution in [3.05, 3.63) is 17.5 Å². The molecule has 0 saturated heterocycles. The summed E-state index contributed by atoms with van der Waals surface area (Å²) in [6, 6.07) is 3.29. The minimum atomic E-state index is -2.56. The molecular weight excluding hydrogens is 230 g/mol. The standard InChI is InChI=1S/C10H12F2N4O/c1-7-4-8(5-13)15-10(14-7)16(2-3-17)6-9(11)12/h4,9,17H,2-3,6H2,1H3. The van der Waals surface area contributed by atoms with E-state index in [4.69, 9.17) is 10.4 Å². The second-order valence-electron chi connectivity index (χ2n) is 3.37. The molecule has 0 aliphatic heterocycles. The number of aliphatic hydroxyl groups excluding tert-OH is 1. The highest BCUT2D eigenvalue weighted by molar-refractivity contribution is 5.36. The summed E-state index contributed by atoms with van der Waals surface area (Å²) in [6.07, 6.45) is -2.56. The predicted molar refractivity (Wildman–Crippen MR) is 56.8 cm³/mol. The van der Waals surface area contributed by atoms with Crippen LogP contribution in [0.25, 0.3) is 0 Å². The van der Waals surface area contributed by atoms with Gasteiger partial charge >= 0.3 is 0 Å². The average molecular weight is 242 g/mol. The number of aliphatic hydroxyl groups is 1. The average Bonchev–Trinajstić information content (AvgIpc) is 2.27. The fraction of sp³-hybridized carbons (Fsp3) is 0.500. The summed E-state index contributed by atoms with van der Waals surface area (Å²) in [5.74, 6) is 0.0379. The van der Waals surface area contributed by atoms with Crippen molar-refractivity contribution in [2.24, 2.45) is 0 Å². The van der Waals surface area contributed by atoms with Gasteiger partial charge < -0.3 is 10.0 Å². The first-order chi connectivity index (χ1) is 8.06. The van der Waals surface area contributed by atoms with E-state index in [1.54, 1.807) is 6.92 Å². The Kier molecular flexibility index (Phi) is 4.72. The number of halogens is 2. The summed E-state index contributed by atoms with van der Waals surface area (Å²) >= 11 is 0. The van der Waals surface area contributed by atoms with Gasteiger partial charge in [-0.05, 0) is 13.0 Å². The maximum Gasteiger partial charge on any atom is 0.255 e. The van der Waals surface area contributed by atoms with E-state index in [0.717, 1.165) is 4.90 Å². The Morgan fingerprint density at radius 3 is 2.76 bits per heavy atom. The minimum Gasteiger partial charge on any atom is -0.395 e. The van der Waals surface area contributed by atoms with Crippen LogP contribution in [0.2, 0.25) is 0 Å². The largest absolute Gasteiger partial charge is 0.395 e. The lowest BCUT2D eigenvalue weighted by Crippen LogP contribution is -2.33. The number of anilines is 1. The Morgan fingerprint density at radius 2 is 2.24 bits per heavy atom. The topological polar surface area (TPSA) is 73.0 Å². The van der Waals surface area contributed by atoms with Gasteiger partial charge in [-0.25, -0.2) is 18.7 Å². The van der Waals surface area contributed by atoms with Gasteiger partial charge in [-0.1, -0.05) is 0 Å². The van der Waals surface area contributed by atoms with Crippen LogP contribution in [-0.2, 0) is 0 Å². The van der Waals surface area contributed by atoms with Crippen molar-refractivity contribution in [2.75, 3.05) is 24.6 Å². The molecule has 1 heterocycles. The van der Waals surface area contributed by atoms with Crippen molar-refractivity contribution >= 4 is 5.95 Å². The highest BCUT2D eigenvalue weighted by Gasteiger charge is 2.15. The van der Waals surface area contributed by atoms with Gasteiger partial charge in [-0.2, -0.15) is 5.26 Å². The van der Waals surface area contributed by atoms with Crippen molar-refractivity contribution in [2.45, 2.75) is 13.3 Å². The molecule has 0 spiro atoms. The highest BCUT2D eigenvalue weighted by atomic mass is 19.3. The fourth-order valence-corrected chi connectivity index (χ4v) is 1.31. The summed E-state index contributed by atoms with van der Waals surface area (Å²) in [5.41, 5.74) is 0.633. The zero-order valence-electron chi connectivity index (χ0n) is 9.27. The molecule has 0 aliphatic carbocycles. The lowest BCUT2D eigenvalue weighted by atomic mass is 10.3. The summed E-state index contributed by atoms with van der Waals surface area (Å²) in [4.78, 5) is 8.96. The molecule has 0 bridgehead atoms. The van der Waals surface area contributed by atoms with Crippen LogP contribution in [0.5, 0.6) is 0 Å². The number of hydrogen-bond donors (Lipinski definition) is 1. The van der Waals surface area contributed by atoms with E-state index in [-0.39, 0.29) is 24.8 Å². The minimum absolute atomic E-state index is 0.00133. The van der Waals surface area contributed by atoms with Gasteiger partial charge in [-0.15, -0.1) is 0 Å². The van der Waals surface area contributed by atoms with Gasteiger partial charge in [0, 0.05) is 12.2 Å². The third-order valence-corrected chi connectivity index (χ3v) is 1.97. The van der Waals surface area contributed by atoms with E-state index in [1.807, 2.05) is 6.07 Å². The number of hydrogen-bond acceptors (Lipinski definition) is 5. The first kappa shape index (κ1) is 13.3. The lowest BCUT2D eigenvalue weighted by Gasteiger charge is -2.21. The number of rotatable bonds is 5. The molecule has 0 amide bonds. The van der Waals surface area contributed by atoms with E-state index >= 15 is 0 Å². The van der Waals surface area contributed by atoms with Crippen LogP contribution in [-0.4, -0.2) is 41.2 Å². The maximum atomic E-state index is 12.3. The van der Waals surface area contributed by atoms with Crippen LogP contribution >= 0.6 is 0 Å². The predicted octanol–water partition coefficient (Wildman–Crippen LogP) is 0.720. The Morgan fingerprint density at radius 1 is 1.53 bits per heavy atom. The molecule has 17 heavy (non-hydrogen) atoms. The molecule has 5 nitrogen and oxygen atoms in total. The second-order valence-corrected chi connectivity index (χ2v) is 3.37. The Hall–Kier alpha value is -1.81. The molecule has 0 fully saturated rings. The molecule has 92 valence electrons. The number of aromatic nitrogens is 2. The van der Waals surface area contributed by atoms with E-state index in [1.165, 1.54) is 6.07 Å². The van der Waals surface area contributed by atoms with Crippen LogP contribution in [0.4, 0.5) is 14.7 Å². The van der Waals surface area contributed by atoms with Gasteiger partial charge in [0.1, 0.15) is 11.8 Å². The molecule has 0 atom stereocenters. The van der Waals surface area contributed by atoms with Crippen molar-refractivity contribution < 1.29 is 13.9 Å². The van der Waals surface area contributed by atoms with Crippen LogP contribution in [0.1, 0.15) is 11.4 Å². The van der Waals surface area contributed by atoms with Gasteiger partial charge in [0.2, 0.25) is 5.95 Å². The monoisotopic (exact) mass is 242 g/mol. The summed E-state index contributed by atoms with van der Waals surface area (Å²) in [6.45, 7) is 0.783. The molecule has 0 aromatic carbocycles. The smallest absolute Gasteiger partial charge is 0.255 e. The molecule has 0 saturated carbocycles. The molecule has 0 radical (unpaired) electrons. The van der Waals surface area contributed by atoms with Crippen molar-refractivity contribution in [1.82, 2.24) is 9.97 Å².